The van der Waals surface area contributed by atoms with Gasteiger partial charge in [0, 0.05) is 13.1 Å². The van der Waals surface area contributed by atoms with Gasteiger partial charge in [-0.15, -0.1) is 0 Å². The molecule has 0 bridgehead atoms. The van der Waals surface area contributed by atoms with Gasteiger partial charge in [0.15, 0.2) is 18.2 Å². The van der Waals surface area contributed by atoms with Crippen molar-refractivity contribution in [1.29, 1.82) is 0 Å². The van der Waals surface area contributed by atoms with Crippen molar-refractivity contribution in [3.05, 3.63) is 23.8 Å². The second-order valence-electron chi connectivity index (χ2n) is 4.76. The Labute approximate surface area is 120 Å². The number of benzene rings is 1. The van der Waals surface area contributed by atoms with Gasteiger partial charge < -0.3 is 9.64 Å². The van der Waals surface area contributed by atoms with E-state index in [2.05, 4.69) is 0 Å². The largest absolute Gasteiger partial charge is 0.481 e. The average molecular weight is 320 g/mol. The first-order chi connectivity index (χ1) is 9.71. The van der Waals surface area contributed by atoms with E-state index >= 15 is 0 Å². The summed E-state index contributed by atoms with van der Waals surface area (Å²) in [6, 6.07) is 1.88. The van der Waals surface area contributed by atoms with Crippen LogP contribution in [-0.4, -0.2) is 38.9 Å². The van der Waals surface area contributed by atoms with Gasteiger partial charge in [0.2, 0.25) is 15.8 Å². The Morgan fingerprint density at radius 3 is 2.52 bits per heavy atom. The number of ether oxygens (including phenoxy) is 1. The van der Waals surface area contributed by atoms with Crippen LogP contribution in [0.15, 0.2) is 17.0 Å². The van der Waals surface area contributed by atoms with E-state index in [0.29, 0.717) is 0 Å². The van der Waals surface area contributed by atoms with Crippen LogP contribution < -0.4 is 9.88 Å². The minimum Gasteiger partial charge on any atom is -0.481 e. The van der Waals surface area contributed by atoms with E-state index in [4.69, 9.17) is 9.88 Å². The Balaban J connectivity index is 2.11. The summed E-state index contributed by atoms with van der Waals surface area (Å²) in [5.74, 6) is -4.04. The first-order valence-electron chi connectivity index (χ1n) is 6.11. The summed E-state index contributed by atoms with van der Waals surface area (Å²) >= 11 is 0. The quantitative estimate of drug-likeness (QED) is 0.861. The molecule has 0 spiro atoms. The van der Waals surface area contributed by atoms with Crippen molar-refractivity contribution >= 4 is 15.9 Å². The van der Waals surface area contributed by atoms with Gasteiger partial charge in [0.1, 0.15) is 4.90 Å². The van der Waals surface area contributed by atoms with Crippen molar-refractivity contribution in [3.63, 3.8) is 0 Å². The van der Waals surface area contributed by atoms with Gasteiger partial charge in [-0.2, -0.15) is 4.39 Å². The number of hydrogen-bond donors (Lipinski definition) is 1. The molecule has 1 aliphatic rings. The third-order valence-electron chi connectivity index (χ3n) is 3.16. The van der Waals surface area contributed by atoms with E-state index in [0.717, 1.165) is 25.0 Å². The average Bonchev–Trinajstić information content (AvgIpc) is 3.22. The smallest absolute Gasteiger partial charge is 0.260 e. The molecule has 0 unspecified atom stereocenters. The predicted octanol–water partition coefficient (Wildman–Crippen LogP) is 0.612. The molecule has 6 nitrogen and oxygen atoms in total. The van der Waals surface area contributed by atoms with Gasteiger partial charge in [-0.25, -0.2) is 17.9 Å². The first-order valence-corrected chi connectivity index (χ1v) is 7.65. The Kier molecular flexibility index (Phi) is 4.15. The molecule has 0 aromatic heterocycles. The maximum Gasteiger partial charge on any atom is 0.260 e. The maximum atomic E-state index is 13.7. The molecule has 0 aliphatic heterocycles. The number of halogens is 2. The molecular weight excluding hydrogens is 306 g/mol. The molecule has 1 aromatic carbocycles. The monoisotopic (exact) mass is 320 g/mol. The van der Waals surface area contributed by atoms with Crippen molar-refractivity contribution in [2.45, 2.75) is 23.8 Å². The molecular formula is C12H14F2N2O4S. The molecule has 1 saturated carbocycles. The van der Waals surface area contributed by atoms with Crippen LogP contribution in [-0.2, 0) is 14.8 Å². The van der Waals surface area contributed by atoms with Crippen LogP contribution in [0.25, 0.3) is 0 Å². The lowest BCUT2D eigenvalue weighted by molar-refractivity contribution is -0.132. The number of nitrogens with zero attached hydrogens (tertiary/aromatic N) is 1. The lowest BCUT2D eigenvalue weighted by Crippen LogP contribution is -2.33. The molecule has 0 radical (unpaired) electrons. The Hall–Kier alpha value is -1.74. The summed E-state index contributed by atoms with van der Waals surface area (Å²) in [5, 5.41) is 4.74. The van der Waals surface area contributed by atoms with Crippen molar-refractivity contribution < 1.29 is 26.7 Å². The fourth-order valence-corrected chi connectivity index (χ4v) is 2.35. The van der Waals surface area contributed by atoms with Crippen LogP contribution >= 0.6 is 0 Å². The molecule has 1 amide bonds. The lowest BCUT2D eigenvalue weighted by atomic mass is 10.3. The number of sulfonamides is 1. The summed E-state index contributed by atoms with van der Waals surface area (Å²) < 4.78 is 54.2. The van der Waals surface area contributed by atoms with Crippen LogP contribution in [0.1, 0.15) is 12.8 Å². The molecule has 9 heteroatoms. The van der Waals surface area contributed by atoms with Gasteiger partial charge in [0.05, 0.1) is 0 Å². The molecule has 2 N–H and O–H groups in total. The van der Waals surface area contributed by atoms with Crippen LogP contribution in [0.2, 0.25) is 0 Å². The van der Waals surface area contributed by atoms with Crippen LogP contribution in [0, 0.1) is 11.6 Å². The fourth-order valence-electron chi connectivity index (χ4n) is 1.75. The van der Waals surface area contributed by atoms with Crippen LogP contribution in [0.3, 0.4) is 0 Å². The maximum absolute atomic E-state index is 13.7. The zero-order valence-corrected chi connectivity index (χ0v) is 12.0. The third-order valence-corrected chi connectivity index (χ3v) is 4.09. The molecule has 0 saturated heterocycles. The first kappa shape index (κ1) is 15.6. The summed E-state index contributed by atoms with van der Waals surface area (Å²) in [4.78, 5) is 12.2. The number of hydrogen-bond acceptors (Lipinski definition) is 4. The van der Waals surface area contributed by atoms with E-state index in [1.807, 2.05) is 0 Å². The summed E-state index contributed by atoms with van der Waals surface area (Å²) in [5.41, 5.74) is 0. The van der Waals surface area contributed by atoms with Crippen LogP contribution in [0.5, 0.6) is 5.75 Å². The highest BCUT2D eigenvalue weighted by Gasteiger charge is 2.30. The van der Waals surface area contributed by atoms with Crippen molar-refractivity contribution in [3.8, 4) is 5.75 Å². The second kappa shape index (κ2) is 5.57. The van der Waals surface area contributed by atoms with Crippen molar-refractivity contribution in [2.75, 3.05) is 13.7 Å². The summed E-state index contributed by atoms with van der Waals surface area (Å²) in [6.45, 7) is -0.460. The number of rotatable bonds is 5. The Morgan fingerprint density at radius 1 is 1.38 bits per heavy atom. The van der Waals surface area contributed by atoms with Gasteiger partial charge in [-0.05, 0) is 25.0 Å². The predicted molar refractivity (Wildman–Crippen MR) is 69.0 cm³/mol. The van der Waals surface area contributed by atoms with E-state index in [1.165, 1.54) is 4.90 Å². The number of carbonyl (C=O) groups excluding carboxylic acids is 1. The fraction of sp³-hybridized carbons (Fsp3) is 0.417. The Bertz CT molecular complexity index is 674. The molecule has 0 atom stereocenters. The van der Waals surface area contributed by atoms with Gasteiger partial charge in [-0.1, -0.05) is 0 Å². The van der Waals surface area contributed by atoms with E-state index < -0.39 is 38.9 Å². The van der Waals surface area contributed by atoms with E-state index in [1.54, 1.807) is 7.05 Å². The van der Waals surface area contributed by atoms with Gasteiger partial charge >= 0.3 is 0 Å². The SMILES string of the molecule is CN(C(=O)COc1ccc(S(N)(=O)=O)c(F)c1F)C1CC1. The molecule has 1 fully saturated rings. The molecule has 21 heavy (non-hydrogen) atoms. The highest BCUT2D eigenvalue weighted by molar-refractivity contribution is 7.89. The number of carbonyl (C=O) groups is 1. The molecule has 1 aromatic rings. The minimum absolute atomic E-state index is 0.174. The summed E-state index contributed by atoms with van der Waals surface area (Å²) in [7, 11) is -2.76. The number of nitrogens with two attached hydrogens (primary N) is 1. The zero-order chi connectivity index (χ0) is 15.8. The van der Waals surface area contributed by atoms with Gasteiger partial charge in [0.25, 0.3) is 5.91 Å². The van der Waals surface area contributed by atoms with Gasteiger partial charge in [-0.3, -0.25) is 4.79 Å². The summed E-state index contributed by atoms with van der Waals surface area (Å²) in [6.07, 6.45) is 1.82. The second-order valence-corrected chi connectivity index (χ2v) is 6.29. The molecule has 116 valence electrons. The molecule has 1 aliphatic carbocycles. The minimum atomic E-state index is -4.37. The molecule has 0 heterocycles. The highest BCUT2D eigenvalue weighted by atomic mass is 32.2. The standard InChI is InChI=1S/C12H14F2N2O4S/c1-16(7-2-3-7)10(17)6-20-8-4-5-9(21(15,18)19)12(14)11(8)13/h4-5,7H,2-3,6H2,1H3,(H2,15,18,19). The topological polar surface area (TPSA) is 89.7 Å². The van der Waals surface area contributed by atoms with Crippen molar-refractivity contribution in [1.82, 2.24) is 4.90 Å². The third kappa shape index (κ3) is 3.48. The molecule has 2 rings (SSSR count). The zero-order valence-electron chi connectivity index (χ0n) is 11.2. The van der Waals surface area contributed by atoms with E-state index in [-0.39, 0.29) is 11.9 Å². The normalized spacial score (nSPS) is 14.9. The lowest BCUT2D eigenvalue weighted by Gasteiger charge is -2.16. The van der Waals surface area contributed by atoms with Crippen LogP contribution in [0.4, 0.5) is 8.78 Å². The van der Waals surface area contributed by atoms with Crippen molar-refractivity contribution in [2.24, 2.45) is 5.14 Å². The number of likely N-dealkylation sites (N-methyl/N-ethyl adjacent to an activating group) is 1. The Morgan fingerprint density at radius 2 is 2.00 bits per heavy atom. The highest BCUT2D eigenvalue weighted by Crippen LogP contribution is 2.27. The number of amides is 1. The van der Waals surface area contributed by atoms with E-state index in [9.17, 15) is 22.0 Å². The number of primary sulfonamides is 1.